The number of ether oxygens (including phenoxy) is 1. The van der Waals surface area contributed by atoms with Crippen molar-refractivity contribution in [2.24, 2.45) is 4.99 Å². The molecular formula is C18H22N4OS. The minimum absolute atomic E-state index is 0.0126. The Balaban J connectivity index is 1.68. The predicted molar refractivity (Wildman–Crippen MR) is 101 cm³/mol. The highest BCUT2D eigenvalue weighted by Gasteiger charge is 2.26. The minimum atomic E-state index is 0.0126. The number of methoxy groups -OCH3 is 1. The van der Waals surface area contributed by atoms with Gasteiger partial charge in [-0.2, -0.15) is 0 Å². The molecule has 0 aliphatic carbocycles. The topological polar surface area (TPSA) is 57.7 Å². The van der Waals surface area contributed by atoms with Gasteiger partial charge in [-0.3, -0.25) is 0 Å². The fourth-order valence-corrected chi connectivity index (χ4v) is 3.16. The van der Waals surface area contributed by atoms with Crippen LogP contribution in [-0.2, 0) is 0 Å². The molecular weight excluding hydrogens is 320 g/mol. The SMILES string of the molecule is COc1ccccc1C1CC(/N=C(/Nc2ccccc2)SC)NN1. The second-order valence-corrected chi connectivity index (χ2v) is 6.26. The first-order valence-corrected chi connectivity index (χ1v) is 9.10. The van der Waals surface area contributed by atoms with Crippen molar-refractivity contribution < 1.29 is 4.74 Å². The summed E-state index contributed by atoms with van der Waals surface area (Å²) in [7, 11) is 1.70. The summed E-state index contributed by atoms with van der Waals surface area (Å²) < 4.78 is 5.45. The van der Waals surface area contributed by atoms with Crippen molar-refractivity contribution in [3.8, 4) is 5.75 Å². The fourth-order valence-electron chi connectivity index (χ4n) is 2.70. The second kappa shape index (κ2) is 8.19. The lowest BCUT2D eigenvalue weighted by Crippen LogP contribution is -2.30. The molecule has 0 radical (unpaired) electrons. The van der Waals surface area contributed by atoms with Crippen molar-refractivity contribution in [2.75, 3.05) is 18.7 Å². The van der Waals surface area contributed by atoms with Gasteiger partial charge in [0.2, 0.25) is 0 Å². The van der Waals surface area contributed by atoms with Gasteiger partial charge in [-0.25, -0.2) is 15.8 Å². The van der Waals surface area contributed by atoms with E-state index in [0.717, 1.165) is 28.6 Å². The number of aliphatic imine (C=N–C) groups is 1. The maximum absolute atomic E-state index is 5.45. The standard InChI is InChI=1S/C18H22N4OS/c1-23-16-11-7-6-10-14(16)15-12-17(22-21-15)20-18(24-2)19-13-8-4-3-5-9-13/h3-11,15,17,21-22H,12H2,1-2H3,(H,19,20). The predicted octanol–water partition coefficient (Wildman–Crippen LogP) is 3.39. The number of amidine groups is 1. The maximum atomic E-state index is 5.45. The smallest absolute Gasteiger partial charge is 0.162 e. The molecule has 3 N–H and O–H groups in total. The van der Waals surface area contributed by atoms with Gasteiger partial charge in [0.05, 0.1) is 13.2 Å². The van der Waals surface area contributed by atoms with Gasteiger partial charge >= 0.3 is 0 Å². The van der Waals surface area contributed by atoms with Crippen molar-refractivity contribution >= 4 is 22.6 Å². The molecule has 0 aromatic heterocycles. The molecule has 1 saturated heterocycles. The Morgan fingerprint density at radius 2 is 1.88 bits per heavy atom. The molecule has 1 aliphatic heterocycles. The van der Waals surface area contributed by atoms with Crippen LogP contribution in [0.25, 0.3) is 0 Å². The van der Waals surface area contributed by atoms with Gasteiger partial charge in [0.25, 0.3) is 0 Å². The number of nitrogens with zero attached hydrogens (tertiary/aromatic N) is 1. The summed E-state index contributed by atoms with van der Waals surface area (Å²) in [6.07, 6.45) is 2.90. The second-order valence-electron chi connectivity index (χ2n) is 5.46. The zero-order chi connectivity index (χ0) is 16.8. The monoisotopic (exact) mass is 342 g/mol. The van der Waals surface area contributed by atoms with Crippen LogP contribution in [0.3, 0.4) is 0 Å². The van der Waals surface area contributed by atoms with E-state index in [2.05, 4.69) is 22.2 Å². The molecule has 0 bridgehead atoms. The van der Waals surface area contributed by atoms with Gasteiger partial charge in [-0.1, -0.05) is 48.2 Å². The summed E-state index contributed by atoms with van der Waals surface area (Å²) >= 11 is 1.60. The lowest BCUT2D eigenvalue weighted by molar-refractivity contribution is 0.402. The molecule has 24 heavy (non-hydrogen) atoms. The van der Waals surface area contributed by atoms with Crippen LogP contribution in [0.2, 0.25) is 0 Å². The lowest BCUT2D eigenvalue weighted by atomic mass is 10.0. The van der Waals surface area contributed by atoms with E-state index in [4.69, 9.17) is 9.73 Å². The first kappa shape index (κ1) is 16.8. The van der Waals surface area contributed by atoms with Crippen LogP contribution >= 0.6 is 11.8 Å². The molecule has 126 valence electrons. The number of thioether (sulfide) groups is 1. The number of rotatable bonds is 4. The Bertz CT molecular complexity index is 692. The van der Waals surface area contributed by atoms with Crippen LogP contribution in [0.15, 0.2) is 59.6 Å². The average Bonchev–Trinajstić information content (AvgIpc) is 3.10. The third kappa shape index (κ3) is 4.08. The number of benzene rings is 2. The van der Waals surface area contributed by atoms with Crippen LogP contribution < -0.4 is 20.9 Å². The first-order chi connectivity index (χ1) is 11.8. The maximum Gasteiger partial charge on any atom is 0.162 e. The lowest BCUT2D eigenvalue weighted by Gasteiger charge is -2.13. The molecule has 0 spiro atoms. The van der Waals surface area contributed by atoms with Crippen molar-refractivity contribution in [2.45, 2.75) is 18.6 Å². The zero-order valence-corrected chi connectivity index (χ0v) is 14.6. The van der Waals surface area contributed by atoms with Gasteiger partial charge in [0.15, 0.2) is 5.17 Å². The Morgan fingerprint density at radius 3 is 2.62 bits per heavy atom. The number of anilines is 1. The number of hydrazine groups is 1. The molecule has 2 atom stereocenters. The summed E-state index contributed by atoms with van der Waals surface area (Å²) in [5.74, 6) is 0.897. The quantitative estimate of drug-likeness (QED) is 0.587. The molecule has 3 rings (SSSR count). The summed E-state index contributed by atoms with van der Waals surface area (Å²) in [5, 5.41) is 4.24. The van der Waals surface area contributed by atoms with E-state index in [9.17, 15) is 0 Å². The molecule has 0 amide bonds. The highest BCUT2D eigenvalue weighted by atomic mass is 32.2. The van der Waals surface area contributed by atoms with Crippen molar-refractivity contribution in [1.82, 2.24) is 10.9 Å². The molecule has 6 heteroatoms. The Labute approximate surface area is 146 Å². The first-order valence-electron chi connectivity index (χ1n) is 7.88. The van der Waals surface area contributed by atoms with Crippen LogP contribution in [-0.4, -0.2) is 24.7 Å². The van der Waals surface area contributed by atoms with E-state index in [1.54, 1.807) is 18.9 Å². The van der Waals surface area contributed by atoms with E-state index in [-0.39, 0.29) is 12.2 Å². The largest absolute Gasteiger partial charge is 0.496 e. The number of hydrogen-bond donors (Lipinski definition) is 3. The third-order valence-electron chi connectivity index (χ3n) is 3.89. The van der Waals surface area contributed by atoms with Crippen LogP contribution in [0.1, 0.15) is 18.0 Å². The zero-order valence-electron chi connectivity index (χ0n) is 13.8. The molecule has 2 aromatic rings. The molecule has 2 unspecified atom stereocenters. The Morgan fingerprint density at radius 1 is 1.12 bits per heavy atom. The molecule has 1 aliphatic rings. The van der Waals surface area contributed by atoms with Crippen LogP contribution in [0.5, 0.6) is 5.75 Å². The third-order valence-corrected chi connectivity index (χ3v) is 4.48. The van der Waals surface area contributed by atoms with Gasteiger partial charge in [-0.15, -0.1) is 0 Å². The molecule has 1 fully saturated rings. The van der Waals surface area contributed by atoms with E-state index in [1.807, 2.05) is 54.8 Å². The number of nitrogens with one attached hydrogen (secondary N) is 3. The van der Waals surface area contributed by atoms with Gasteiger partial charge in [0, 0.05) is 17.7 Å². The van der Waals surface area contributed by atoms with Gasteiger partial charge in [-0.05, 0) is 24.5 Å². The van der Waals surface area contributed by atoms with Gasteiger partial charge < -0.3 is 10.1 Å². The minimum Gasteiger partial charge on any atom is -0.496 e. The summed E-state index contributed by atoms with van der Waals surface area (Å²) in [6, 6.07) is 18.3. The average molecular weight is 342 g/mol. The Kier molecular flexibility index (Phi) is 5.74. The normalized spacial score (nSPS) is 20.8. The van der Waals surface area contributed by atoms with E-state index in [0.29, 0.717) is 0 Å². The van der Waals surface area contributed by atoms with Crippen molar-refractivity contribution in [3.05, 3.63) is 60.2 Å². The van der Waals surface area contributed by atoms with Crippen molar-refractivity contribution in [1.29, 1.82) is 0 Å². The van der Waals surface area contributed by atoms with E-state index in [1.165, 1.54) is 0 Å². The van der Waals surface area contributed by atoms with Crippen LogP contribution in [0.4, 0.5) is 5.69 Å². The fraction of sp³-hybridized carbons (Fsp3) is 0.278. The van der Waals surface area contributed by atoms with Gasteiger partial charge in [0.1, 0.15) is 11.9 Å². The van der Waals surface area contributed by atoms with E-state index < -0.39 is 0 Å². The molecule has 5 nitrogen and oxygen atoms in total. The number of hydrogen-bond acceptors (Lipinski definition) is 5. The summed E-state index contributed by atoms with van der Waals surface area (Å²) in [4.78, 5) is 4.77. The highest BCUT2D eigenvalue weighted by molar-refractivity contribution is 8.13. The number of para-hydroxylation sites is 2. The summed E-state index contributed by atoms with van der Waals surface area (Å²) in [6.45, 7) is 0. The van der Waals surface area contributed by atoms with Crippen LogP contribution in [0, 0.1) is 0 Å². The molecule has 0 saturated carbocycles. The Hall–Kier alpha value is -2.02. The van der Waals surface area contributed by atoms with E-state index >= 15 is 0 Å². The highest BCUT2D eigenvalue weighted by Crippen LogP contribution is 2.30. The van der Waals surface area contributed by atoms with Crippen molar-refractivity contribution in [3.63, 3.8) is 0 Å². The summed E-state index contributed by atoms with van der Waals surface area (Å²) in [5.41, 5.74) is 8.76. The molecule has 2 aromatic carbocycles. The molecule has 1 heterocycles.